The van der Waals surface area contributed by atoms with E-state index in [0.717, 1.165) is 0 Å². The second-order valence-electron chi connectivity index (χ2n) is 4.31. The number of aromatic hydroxyl groups is 1. The number of carboxylic acids is 1. The fourth-order valence-electron chi connectivity index (χ4n) is 1.79. The monoisotopic (exact) mass is 273 g/mol. The SMILES string of the molecule is NC(C(=O)O)C(Oc1ccc(O)cc1)c1ccccc1. The van der Waals surface area contributed by atoms with Crippen LogP contribution in [0.3, 0.4) is 0 Å². The molecule has 2 rings (SSSR count). The molecule has 0 amide bonds. The molecule has 0 aliphatic heterocycles. The molecule has 4 N–H and O–H groups in total. The number of ether oxygens (including phenoxy) is 1. The molecule has 0 radical (unpaired) electrons. The molecule has 0 aliphatic carbocycles. The predicted octanol–water partition coefficient (Wildman–Crippen LogP) is 1.92. The highest BCUT2D eigenvalue weighted by Crippen LogP contribution is 2.25. The number of carboxylic acid groups (broad SMARTS) is 1. The minimum atomic E-state index is -1.19. The number of nitrogens with two attached hydrogens (primary N) is 1. The molecule has 0 aromatic heterocycles. The van der Waals surface area contributed by atoms with E-state index in [9.17, 15) is 9.90 Å². The maximum absolute atomic E-state index is 11.1. The molecule has 0 saturated carbocycles. The molecule has 20 heavy (non-hydrogen) atoms. The van der Waals surface area contributed by atoms with Gasteiger partial charge in [-0.25, -0.2) is 0 Å². The maximum Gasteiger partial charge on any atom is 0.324 e. The number of benzene rings is 2. The molecule has 0 fully saturated rings. The Morgan fingerprint density at radius 2 is 1.65 bits per heavy atom. The van der Waals surface area contributed by atoms with E-state index >= 15 is 0 Å². The average molecular weight is 273 g/mol. The van der Waals surface area contributed by atoms with Crippen molar-refractivity contribution in [3.63, 3.8) is 0 Å². The summed E-state index contributed by atoms with van der Waals surface area (Å²) in [5.74, 6) is -0.595. The number of hydrogen-bond donors (Lipinski definition) is 3. The first-order chi connectivity index (χ1) is 9.58. The van der Waals surface area contributed by atoms with E-state index in [4.69, 9.17) is 15.6 Å². The summed E-state index contributed by atoms with van der Waals surface area (Å²) in [6.07, 6.45) is -0.807. The number of hydrogen-bond acceptors (Lipinski definition) is 4. The van der Waals surface area contributed by atoms with Gasteiger partial charge in [0.15, 0.2) is 0 Å². The number of rotatable bonds is 5. The van der Waals surface area contributed by atoms with E-state index in [-0.39, 0.29) is 5.75 Å². The molecule has 2 aromatic carbocycles. The number of phenolic OH excluding ortho intramolecular Hbond substituents is 1. The zero-order valence-corrected chi connectivity index (χ0v) is 10.6. The quantitative estimate of drug-likeness (QED) is 0.774. The molecule has 2 unspecified atom stereocenters. The van der Waals surface area contributed by atoms with E-state index in [2.05, 4.69) is 0 Å². The molecule has 2 aromatic rings. The Labute approximate surface area is 116 Å². The lowest BCUT2D eigenvalue weighted by atomic mass is 10.0. The molecular weight excluding hydrogens is 258 g/mol. The third-order valence-electron chi connectivity index (χ3n) is 2.84. The summed E-state index contributed by atoms with van der Waals surface area (Å²) in [7, 11) is 0. The minimum absolute atomic E-state index is 0.108. The molecule has 0 aliphatic rings. The van der Waals surface area contributed by atoms with E-state index in [0.29, 0.717) is 11.3 Å². The Morgan fingerprint density at radius 1 is 1.05 bits per heavy atom. The summed E-state index contributed by atoms with van der Waals surface area (Å²) in [6, 6.07) is 13.8. The Morgan fingerprint density at radius 3 is 2.20 bits per heavy atom. The van der Waals surface area contributed by atoms with Gasteiger partial charge in [0, 0.05) is 0 Å². The Kier molecular flexibility index (Phi) is 4.22. The van der Waals surface area contributed by atoms with Crippen molar-refractivity contribution in [2.75, 3.05) is 0 Å². The van der Waals surface area contributed by atoms with Crippen LogP contribution in [0.15, 0.2) is 54.6 Å². The largest absolute Gasteiger partial charge is 0.508 e. The van der Waals surface area contributed by atoms with Gasteiger partial charge in [-0.2, -0.15) is 0 Å². The molecule has 104 valence electrons. The molecule has 0 heterocycles. The van der Waals surface area contributed by atoms with Crippen molar-refractivity contribution in [2.45, 2.75) is 12.1 Å². The smallest absolute Gasteiger partial charge is 0.324 e. The van der Waals surface area contributed by atoms with Crippen LogP contribution in [0.1, 0.15) is 11.7 Å². The van der Waals surface area contributed by atoms with Crippen molar-refractivity contribution < 1.29 is 19.7 Å². The minimum Gasteiger partial charge on any atom is -0.508 e. The molecule has 0 saturated heterocycles. The molecule has 0 bridgehead atoms. The predicted molar refractivity (Wildman–Crippen MR) is 73.5 cm³/mol. The van der Waals surface area contributed by atoms with Crippen LogP contribution < -0.4 is 10.5 Å². The van der Waals surface area contributed by atoms with Crippen molar-refractivity contribution in [2.24, 2.45) is 5.73 Å². The lowest BCUT2D eigenvalue weighted by Gasteiger charge is -2.22. The zero-order valence-electron chi connectivity index (χ0n) is 10.6. The lowest BCUT2D eigenvalue weighted by Crippen LogP contribution is -2.39. The molecule has 5 nitrogen and oxygen atoms in total. The molecule has 5 heteroatoms. The van der Waals surface area contributed by atoms with Gasteiger partial charge in [-0.1, -0.05) is 30.3 Å². The van der Waals surface area contributed by atoms with Crippen molar-refractivity contribution in [3.05, 3.63) is 60.2 Å². The highest BCUT2D eigenvalue weighted by Gasteiger charge is 2.27. The van der Waals surface area contributed by atoms with Gasteiger partial charge in [-0.05, 0) is 29.8 Å². The van der Waals surface area contributed by atoms with Gasteiger partial charge in [0.1, 0.15) is 23.6 Å². The summed E-state index contributed by atoms with van der Waals surface area (Å²) < 4.78 is 5.66. The van der Waals surface area contributed by atoms with Crippen molar-refractivity contribution >= 4 is 5.97 Å². The Hall–Kier alpha value is -2.53. The Bertz CT molecular complexity index is 568. The topological polar surface area (TPSA) is 92.8 Å². The summed E-state index contributed by atoms with van der Waals surface area (Å²) in [5, 5.41) is 18.3. The molecule has 2 atom stereocenters. The van der Waals surface area contributed by atoms with E-state index in [1.165, 1.54) is 12.1 Å². The first kappa shape index (κ1) is 13.9. The average Bonchev–Trinajstić information content (AvgIpc) is 2.47. The van der Waals surface area contributed by atoms with Crippen molar-refractivity contribution in [3.8, 4) is 11.5 Å². The normalized spacial score (nSPS) is 13.4. The zero-order chi connectivity index (χ0) is 14.5. The van der Waals surface area contributed by atoms with Crippen molar-refractivity contribution in [1.29, 1.82) is 0 Å². The fraction of sp³-hybridized carbons (Fsp3) is 0.133. The highest BCUT2D eigenvalue weighted by atomic mass is 16.5. The second-order valence-corrected chi connectivity index (χ2v) is 4.31. The summed E-state index contributed by atoms with van der Waals surface area (Å²) >= 11 is 0. The van der Waals surface area contributed by atoms with Crippen LogP contribution in [-0.4, -0.2) is 22.2 Å². The van der Waals surface area contributed by atoms with Gasteiger partial charge in [-0.15, -0.1) is 0 Å². The fourth-order valence-corrected chi connectivity index (χ4v) is 1.79. The highest BCUT2D eigenvalue weighted by molar-refractivity contribution is 5.74. The Balaban J connectivity index is 2.27. The summed E-state index contributed by atoms with van der Waals surface area (Å²) in [6.45, 7) is 0. The van der Waals surface area contributed by atoms with Gasteiger partial charge in [0.25, 0.3) is 0 Å². The number of aliphatic carboxylic acids is 1. The van der Waals surface area contributed by atoms with Crippen LogP contribution in [0, 0.1) is 0 Å². The summed E-state index contributed by atoms with van der Waals surface area (Å²) in [4.78, 5) is 11.1. The summed E-state index contributed by atoms with van der Waals surface area (Å²) in [5.41, 5.74) is 6.37. The van der Waals surface area contributed by atoms with E-state index in [1.807, 2.05) is 6.07 Å². The number of carbonyl (C=O) groups is 1. The molecular formula is C15H15NO4. The maximum atomic E-state index is 11.1. The third kappa shape index (κ3) is 3.27. The van der Waals surface area contributed by atoms with Crippen molar-refractivity contribution in [1.82, 2.24) is 0 Å². The van der Waals surface area contributed by atoms with E-state index < -0.39 is 18.1 Å². The van der Waals surface area contributed by atoms with Crippen LogP contribution in [0.25, 0.3) is 0 Å². The molecule has 0 spiro atoms. The van der Waals surface area contributed by atoms with Gasteiger partial charge in [-0.3, -0.25) is 4.79 Å². The first-order valence-corrected chi connectivity index (χ1v) is 6.07. The van der Waals surface area contributed by atoms with Crippen LogP contribution >= 0.6 is 0 Å². The van der Waals surface area contributed by atoms with Gasteiger partial charge in [0.05, 0.1) is 0 Å². The number of phenols is 1. The van der Waals surface area contributed by atoms with Crippen LogP contribution in [0.4, 0.5) is 0 Å². The van der Waals surface area contributed by atoms with Crippen LogP contribution in [0.5, 0.6) is 11.5 Å². The van der Waals surface area contributed by atoms with Gasteiger partial charge < -0.3 is 20.7 Å². The standard InChI is InChI=1S/C15H15NO4/c16-13(15(18)19)14(10-4-2-1-3-5-10)20-12-8-6-11(17)7-9-12/h1-9,13-14,17H,16H2,(H,18,19). The van der Waals surface area contributed by atoms with E-state index in [1.54, 1.807) is 36.4 Å². The van der Waals surface area contributed by atoms with Crippen LogP contribution in [-0.2, 0) is 4.79 Å². The van der Waals surface area contributed by atoms with Gasteiger partial charge >= 0.3 is 5.97 Å². The van der Waals surface area contributed by atoms with Crippen LogP contribution in [0.2, 0.25) is 0 Å². The second kappa shape index (κ2) is 6.08. The first-order valence-electron chi connectivity index (χ1n) is 6.07. The van der Waals surface area contributed by atoms with Gasteiger partial charge in [0.2, 0.25) is 0 Å². The lowest BCUT2D eigenvalue weighted by molar-refractivity contribution is -0.140. The third-order valence-corrected chi connectivity index (χ3v) is 2.84.